The molecular formula is C12H25NO4Si. The van der Waals surface area contributed by atoms with E-state index in [1.807, 2.05) is 27.7 Å². The average molecular weight is 275 g/mol. The molecule has 0 heterocycles. The molecule has 0 aromatic carbocycles. The second-order valence-electron chi connectivity index (χ2n) is 3.75. The molecule has 0 aromatic heterocycles. The van der Waals surface area contributed by atoms with Gasteiger partial charge in [0.15, 0.2) is 0 Å². The fourth-order valence-electron chi connectivity index (χ4n) is 1.91. The molecule has 1 amide bonds. The van der Waals surface area contributed by atoms with E-state index in [4.69, 9.17) is 19.0 Å². The van der Waals surface area contributed by atoms with Crippen LogP contribution in [0.5, 0.6) is 0 Å². The highest BCUT2D eigenvalue weighted by Gasteiger charge is 2.50. The van der Waals surface area contributed by atoms with Crippen molar-refractivity contribution >= 4 is 14.7 Å². The van der Waals surface area contributed by atoms with Crippen molar-refractivity contribution in [3.63, 3.8) is 0 Å². The van der Waals surface area contributed by atoms with Crippen LogP contribution in [0.1, 0.15) is 34.1 Å². The van der Waals surface area contributed by atoms with E-state index in [1.165, 1.54) is 0 Å². The molecule has 0 aliphatic rings. The highest BCUT2D eigenvalue weighted by molar-refractivity contribution is 6.64. The summed E-state index contributed by atoms with van der Waals surface area (Å²) in [4.78, 5) is 11.3. The van der Waals surface area contributed by atoms with Crippen molar-refractivity contribution in [2.45, 2.75) is 39.7 Å². The van der Waals surface area contributed by atoms with Crippen LogP contribution in [0.25, 0.3) is 0 Å². The minimum Gasteiger partial charge on any atom is -0.373 e. The fourth-order valence-corrected chi connectivity index (χ4v) is 5.04. The molecule has 0 rings (SSSR count). The van der Waals surface area contributed by atoms with Gasteiger partial charge in [0, 0.05) is 25.4 Å². The lowest BCUT2D eigenvalue weighted by atomic mass is 10.1. The summed E-state index contributed by atoms with van der Waals surface area (Å²) in [5, 5.41) is 0. The summed E-state index contributed by atoms with van der Waals surface area (Å²) >= 11 is 0. The van der Waals surface area contributed by atoms with Gasteiger partial charge in [0.2, 0.25) is 5.91 Å². The summed E-state index contributed by atoms with van der Waals surface area (Å²) in [6.07, 6.45) is 0.647. The third-order valence-electron chi connectivity index (χ3n) is 2.61. The molecule has 106 valence electrons. The zero-order valence-corrected chi connectivity index (χ0v) is 12.8. The van der Waals surface area contributed by atoms with Crippen molar-refractivity contribution in [3.05, 3.63) is 12.2 Å². The van der Waals surface area contributed by atoms with E-state index in [2.05, 4.69) is 6.58 Å². The first-order chi connectivity index (χ1) is 8.48. The van der Waals surface area contributed by atoms with Crippen LogP contribution in [0.3, 0.4) is 0 Å². The Balaban J connectivity index is 5.31. The van der Waals surface area contributed by atoms with Crippen LogP contribution < -0.4 is 5.73 Å². The summed E-state index contributed by atoms with van der Waals surface area (Å²) in [6, 6.07) is 0. The molecule has 6 heteroatoms. The first-order valence-electron chi connectivity index (χ1n) is 6.39. The maximum Gasteiger partial charge on any atom is 0.508 e. The van der Waals surface area contributed by atoms with Gasteiger partial charge in [0.1, 0.15) is 0 Å². The van der Waals surface area contributed by atoms with Gasteiger partial charge >= 0.3 is 8.80 Å². The van der Waals surface area contributed by atoms with Crippen molar-refractivity contribution in [3.8, 4) is 0 Å². The SMILES string of the molecule is C=C(C(N)=O)C(CC)[Si](OCC)(OCC)OCC. The van der Waals surface area contributed by atoms with E-state index in [1.54, 1.807) is 0 Å². The molecule has 0 fully saturated rings. The molecule has 1 unspecified atom stereocenters. The largest absolute Gasteiger partial charge is 0.508 e. The van der Waals surface area contributed by atoms with Gasteiger partial charge in [-0.25, -0.2) is 0 Å². The number of nitrogens with two attached hydrogens (primary N) is 1. The van der Waals surface area contributed by atoms with Gasteiger partial charge in [-0.05, 0) is 27.2 Å². The zero-order valence-electron chi connectivity index (χ0n) is 11.8. The fraction of sp³-hybridized carbons (Fsp3) is 0.750. The van der Waals surface area contributed by atoms with E-state index in [0.717, 1.165) is 0 Å². The van der Waals surface area contributed by atoms with Crippen molar-refractivity contribution in [1.29, 1.82) is 0 Å². The van der Waals surface area contributed by atoms with Crippen LogP contribution in [0.15, 0.2) is 12.2 Å². The molecular weight excluding hydrogens is 250 g/mol. The highest BCUT2D eigenvalue weighted by atomic mass is 28.4. The molecule has 18 heavy (non-hydrogen) atoms. The number of hydrogen-bond donors (Lipinski definition) is 1. The predicted octanol–water partition coefficient (Wildman–Crippen LogP) is 1.86. The van der Waals surface area contributed by atoms with E-state index < -0.39 is 14.7 Å². The van der Waals surface area contributed by atoms with Crippen molar-refractivity contribution in [2.75, 3.05) is 19.8 Å². The summed E-state index contributed by atoms with van der Waals surface area (Å²) in [6.45, 7) is 12.7. The number of amides is 1. The van der Waals surface area contributed by atoms with Crippen LogP contribution in [-0.2, 0) is 18.1 Å². The van der Waals surface area contributed by atoms with E-state index >= 15 is 0 Å². The average Bonchev–Trinajstić information content (AvgIpc) is 2.30. The number of carbonyl (C=O) groups excluding carboxylic acids is 1. The van der Waals surface area contributed by atoms with Gasteiger partial charge in [-0.15, -0.1) is 0 Å². The van der Waals surface area contributed by atoms with E-state index in [9.17, 15) is 4.79 Å². The van der Waals surface area contributed by atoms with Gasteiger partial charge in [-0.2, -0.15) is 0 Å². The summed E-state index contributed by atoms with van der Waals surface area (Å²) in [5.74, 6) is -0.530. The molecule has 0 aliphatic heterocycles. The molecule has 0 aliphatic carbocycles. The molecule has 0 saturated carbocycles. The quantitative estimate of drug-likeness (QED) is 0.488. The maximum absolute atomic E-state index is 11.3. The van der Waals surface area contributed by atoms with E-state index in [-0.39, 0.29) is 5.54 Å². The third-order valence-corrected chi connectivity index (χ3v) is 6.29. The van der Waals surface area contributed by atoms with Gasteiger partial charge in [-0.3, -0.25) is 4.79 Å². The Morgan fingerprint density at radius 2 is 1.50 bits per heavy atom. The number of rotatable bonds is 10. The van der Waals surface area contributed by atoms with Crippen LogP contribution in [0, 0.1) is 0 Å². The maximum atomic E-state index is 11.3. The Morgan fingerprint density at radius 3 is 1.72 bits per heavy atom. The third kappa shape index (κ3) is 4.20. The van der Waals surface area contributed by atoms with Gasteiger partial charge in [0.05, 0.1) is 5.54 Å². The number of hydrogen-bond acceptors (Lipinski definition) is 4. The first kappa shape index (κ1) is 17.3. The molecule has 0 spiro atoms. The number of primary amides is 1. The normalized spacial score (nSPS) is 13.3. The lowest BCUT2D eigenvalue weighted by Gasteiger charge is -2.35. The number of carbonyl (C=O) groups is 1. The molecule has 0 saturated heterocycles. The summed E-state index contributed by atoms with van der Waals surface area (Å²) in [7, 11) is -2.95. The molecule has 0 aromatic rings. The van der Waals surface area contributed by atoms with Gasteiger partial charge in [-0.1, -0.05) is 13.5 Å². The van der Waals surface area contributed by atoms with Gasteiger partial charge in [0.25, 0.3) is 0 Å². The standard InChI is InChI=1S/C12H25NO4Si/c1-6-11(10(5)12(13)14)18(15-7-2,16-8-3)17-9-4/h11H,5-9H2,1-4H3,(H2,13,14). The molecule has 2 N–H and O–H groups in total. The van der Waals surface area contributed by atoms with E-state index in [0.29, 0.717) is 31.8 Å². The Bertz CT molecular complexity index is 266. The van der Waals surface area contributed by atoms with Crippen LogP contribution >= 0.6 is 0 Å². The minimum atomic E-state index is -2.95. The van der Waals surface area contributed by atoms with Crippen LogP contribution in [0.4, 0.5) is 0 Å². The first-order valence-corrected chi connectivity index (χ1v) is 8.19. The lowest BCUT2D eigenvalue weighted by Crippen LogP contribution is -2.51. The Labute approximate surface area is 111 Å². The second-order valence-corrected chi connectivity index (χ2v) is 6.52. The zero-order chi connectivity index (χ0) is 14.2. The van der Waals surface area contributed by atoms with Crippen LogP contribution in [0.2, 0.25) is 5.54 Å². The van der Waals surface area contributed by atoms with Crippen molar-refractivity contribution in [1.82, 2.24) is 0 Å². The molecule has 0 radical (unpaired) electrons. The Hall–Kier alpha value is -0.693. The summed E-state index contributed by atoms with van der Waals surface area (Å²) in [5.41, 5.74) is 5.35. The predicted molar refractivity (Wildman–Crippen MR) is 73.0 cm³/mol. The topological polar surface area (TPSA) is 70.8 Å². The molecule has 0 bridgehead atoms. The highest BCUT2D eigenvalue weighted by Crippen LogP contribution is 2.34. The molecule has 1 atom stereocenters. The summed E-state index contributed by atoms with van der Waals surface area (Å²) < 4.78 is 17.3. The monoisotopic (exact) mass is 275 g/mol. The molecule has 5 nitrogen and oxygen atoms in total. The van der Waals surface area contributed by atoms with Crippen molar-refractivity contribution < 1.29 is 18.1 Å². The van der Waals surface area contributed by atoms with Crippen LogP contribution in [-0.4, -0.2) is 34.5 Å². The Kier molecular flexibility index (Phi) is 8.09. The second kappa shape index (κ2) is 8.42. The van der Waals surface area contributed by atoms with Gasteiger partial charge < -0.3 is 19.0 Å². The minimum absolute atomic E-state index is 0.283. The smallest absolute Gasteiger partial charge is 0.373 e. The lowest BCUT2D eigenvalue weighted by molar-refractivity contribution is -0.114. The Morgan fingerprint density at radius 1 is 1.11 bits per heavy atom. The van der Waals surface area contributed by atoms with Crippen molar-refractivity contribution in [2.24, 2.45) is 5.73 Å².